The van der Waals surface area contributed by atoms with Crippen LogP contribution in [-0.4, -0.2) is 36.2 Å². The quantitative estimate of drug-likeness (QED) is 0.890. The van der Waals surface area contributed by atoms with E-state index in [0.29, 0.717) is 0 Å². The minimum Gasteiger partial charge on any atom is -0.384 e. The molecule has 1 fully saturated rings. The van der Waals surface area contributed by atoms with Crippen molar-refractivity contribution in [1.29, 1.82) is 0 Å². The highest BCUT2D eigenvalue weighted by Gasteiger charge is 2.25. The summed E-state index contributed by atoms with van der Waals surface area (Å²) in [7, 11) is 0. The lowest BCUT2D eigenvalue weighted by Gasteiger charge is -2.19. The van der Waals surface area contributed by atoms with Crippen LogP contribution in [0.4, 0.5) is 5.69 Å². The summed E-state index contributed by atoms with van der Waals surface area (Å²) in [4.78, 5) is 13.6. The number of amides is 1. The first-order valence-corrected chi connectivity index (χ1v) is 6.84. The minimum absolute atomic E-state index is 0.121. The maximum absolute atomic E-state index is 11.4. The standard InChI is InChI=1S/C13H17BrN2O2/c1-9(17)13(18)15-11-6-7-16(8-11)12-4-2-10(14)3-5-12/h2-5,9,11,17H,6-8H2,1H3,(H,15,18)/t9-,11-/m1/s1. The minimum atomic E-state index is -0.938. The molecule has 2 rings (SSSR count). The second-order valence-electron chi connectivity index (χ2n) is 4.59. The summed E-state index contributed by atoms with van der Waals surface area (Å²) < 4.78 is 1.06. The number of nitrogens with one attached hydrogen (secondary N) is 1. The van der Waals surface area contributed by atoms with Gasteiger partial charge in [-0.25, -0.2) is 0 Å². The number of nitrogens with zero attached hydrogens (tertiary/aromatic N) is 1. The van der Waals surface area contributed by atoms with Crippen molar-refractivity contribution in [1.82, 2.24) is 5.32 Å². The number of carbonyl (C=O) groups excluding carboxylic acids is 1. The van der Waals surface area contributed by atoms with E-state index in [9.17, 15) is 4.79 Å². The highest BCUT2D eigenvalue weighted by molar-refractivity contribution is 9.10. The van der Waals surface area contributed by atoms with E-state index in [0.717, 1.165) is 29.7 Å². The van der Waals surface area contributed by atoms with E-state index in [1.165, 1.54) is 6.92 Å². The predicted octanol–water partition coefficient (Wildman–Crippen LogP) is 1.52. The van der Waals surface area contributed by atoms with Crippen molar-refractivity contribution in [2.75, 3.05) is 18.0 Å². The second kappa shape index (κ2) is 5.71. The largest absolute Gasteiger partial charge is 0.384 e. The van der Waals surface area contributed by atoms with Gasteiger partial charge in [-0.15, -0.1) is 0 Å². The van der Waals surface area contributed by atoms with Crippen molar-refractivity contribution in [3.05, 3.63) is 28.7 Å². The average Bonchev–Trinajstić information content (AvgIpc) is 2.78. The molecule has 1 saturated heterocycles. The third-order valence-electron chi connectivity index (χ3n) is 3.11. The van der Waals surface area contributed by atoms with Gasteiger partial charge in [0, 0.05) is 29.3 Å². The number of hydrogen-bond acceptors (Lipinski definition) is 3. The van der Waals surface area contributed by atoms with Crippen LogP contribution in [-0.2, 0) is 4.79 Å². The Hall–Kier alpha value is -1.07. The lowest BCUT2D eigenvalue weighted by molar-refractivity contribution is -0.129. The summed E-state index contributed by atoms with van der Waals surface area (Å²) in [5, 5.41) is 12.0. The maximum Gasteiger partial charge on any atom is 0.248 e. The topological polar surface area (TPSA) is 52.6 Å². The number of hydrogen-bond donors (Lipinski definition) is 2. The molecule has 1 heterocycles. The summed E-state index contributed by atoms with van der Waals surface area (Å²) in [6.07, 6.45) is -0.0270. The fourth-order valence-corrected chi connectivity index (χ4v) is 2.35. The highest BCUT2D eigenvalue weighted by atomic mass is 79.9. The SMILES string of the molecule is C[C@@H](O)C(=O)N[C@@H]1CCN(c2ccc(Br)cc2)C1. The highest BCUT2D eigenvalue weighted by Crippen LogP contribution is 2.22. The molecule has 1 aliphatic rings. The molecule has 1 aliphatic heterocycles. The van der Waals surface area contributed by atoms with Gasteiger partial charge in [0.1, 0.15) is 6.10 Å². The smallest absolute Gasteiger partial charge is 0.248 e. The van der Waals surface area contributed by atoms with Gasteiger partial charge in [-0.2, -0.15) is 0 Å². The first-order chi connectivity index (χ1) is 8.56. The maximum atomic E-state index is 11.4. The van der Waals surface area contributed by atoms with Gasteiger partial charge in [-0.3, -0.25) is 4.79 Å². The van der Waals surface area contributed by atoms with Gasteiger partial charge in [0.25, 0.3) is 0 Å². The van der Waals surface area contributed by atoms with Crippen molar-refractivity contribution in [3.8, 4) is 0 Å². The zero-order chi connectivity index (χ0) is 13.1. The number of rotatable bonds is 3. The molecule has 2 N–H and O–H groups in total. The molecule has 0 aromatic heterocycles. The predicted molar refractivity (Wildman–Crippen MR) is 74.6 cm³/mol. The van der Waals surface area contributed by atoms with Crippen LogP contribution in [0.15, 0.2) is 28.7 Å². The van der Waals surface area contributed by atoms with E-state index >= 15 is 0 Å². The first-order valence-electron chi connectivity index (χ1n) is 6.05. The zero-order valence-corrected chi connectivity index (χ0v) is 11.9. The number of benzene rings is 1. The molecular formula is C13H17BrN2O2. The van der Waals surface area contributed by atoms with E-state index in [-0.39, 0.29) is 11.9 Å². The summed E-state index contributed by atoms with van der Waals surface area (Å²) in [5.41, 5.74) is 1.16. The molecular weight excluding hydrogens is 296 g/mol. The number of carbonyl (C=O) groups is 1. The van der Waals surface area contributed by atoms with Crippen LogP contribution in [0.25, 0.3) is 0 Å². The van der Waals surface area contributed by atoms with E-state index in [1.54, 1.807) is 0 Å². The van der Waals surface area contributed by atoms with Crippen LogP contribution >= 0.6 is 15.9 Å². The zero-order valence-electron chi connectivity index (χ0n) is 10.3. The monoisotopic (exact) mass is 312 g/mol. The molecule has 0 bridgehead atoms. The Balaban J connectivity index is 1.92. The second-order valence-corrected chi connectivity index (χ2v) is 5.51. The Morgan fingerprint density at radius 1 is 1.50 bits per heavy atom. The molecule has 1 amide bonds. The van der Waals surface area contributed by atoms with Crippen molar-refractivity contribution in [2.24, 2.45) is 0 Å². The molecule has 4 nitrogen and oxygen atoms in total. The van der Waals surface area contributed by atoms with E-state index in [4.69, 9.17) is 5.11 Å². The Labute approximate surface area is 115 Å². The summed E-state index contributed by atoms with van der Waals surface area (Å²) >= 11 is 3.41. The van der Waals surface area contributed by atoms with Gasteiger partial charge in [-0.1, -0.05) is 15.9 Å². The van der Waals surface area contributed by atoms with Crippen molar-refractivity contribution in [3.63, 3.8) is 0 Å². The molecule has 0 saturated carbocycles. The van der Waals surface area contributed by atoms with Crippen molar-refractivity contribution < 1.29 is 9.90 Å². The van der Waals surface area contributed by atoms with E-state index in [1.807, 2.05) is 12.1 Å². The molecule has 18 heavy (non-hydrogen) atoms. The molecule has 98 valence electrons. The summed E-state index contributed by atoms with van der Waals surface area (Å²) in [6, 6.07) is 8.26. The Kier molecular flexibility index (Phi) is 4.24. The number of aliphatic hydroxyl groups excluding tert-OH is 1. The number of aliphatic hydroxyl groups is 1. The normalized spacial score (nSPS) is 20.8. The Bertz CT molecular complexity index is 420. The van der Waals surface area contributed by atoms with Gasteiger partial charge in [0.2, 0.25) is 5.91 Å². The van der Waals surface area contributed by atoms with Gasteiger partial charge < -0.3 is 15.3 Å². The molecule has 0 radical (unpaired) electrons. The van der Waals surface area contributed by atoms with Crippen LogP contribution in [0, 0.1) is 0 Å². The third-order valence-corrected chi connectivity index (χ3v) is 3.63. The van der Waals surface area contributed by atoms with Crippen LogP contribution in [0.5, 0.6) is 0 Å². The third kappa shape index (κ3) is 3.23. The lowest BCUT2D eigenvalue weighted by atomic mass is 10.2. The molecule has 5 heteroatoms. The fraction of sp³-hybridized carbons (Fsp3) is 0.462. The van der Waals surface area contributed by atoms with Gasteiger partial charge >= 0.3 is 0 Å². The van der Waals surface area contributed by atoms with Crippen LogP contribution in [0.2, 0.25) is 0 Å². The Morgan fingerprint density at radius 3 is 2.78 bits per heavy atom. The fourth-order valence-electron chi connectivity index (χ4n) is 2.09. The van der Waals surface area contributed by atoms with Gasteiger partial charge in [0.05, 0.1) is 0 Å². The molecule has 0 unspecified atom stereocenters. The molecule has 2 atom stereocenters. The molecule has 0 aliphatic carbocycles. The van der Waals surface area contributed by atoms with Crippen LogP contribution in [0.1, 0.15) is 13.3 Å². The van der Waals surface area contributed by atoms with Crippen molar-refractivity contribution in [2.45, 2.75) is 25.5 Å². The van der Waals surface area contributed by atoms with E-state index < -0.39 is 6.10 Å². The average molecular weight is 313 g/mol. The van der Waals surface area contributed by atoms with Gasteiger partial charge in [0.15, 0.2) is 0 Å². The Morgan fingerprint density at radius 2 is 2.17 bits per heavy atom. The van der Waals surface area contributed by atoms with Crippen LogP contribution < -0.4 is 10.2 Å². The lowest BCUT2D eigenvalue weighted by Crippen LogP contribution is -2.41. The number of halogens is 1. The first kappa shape index (κ1) is 13.4. The molecule has 0 spiro atoms. The number of anilines is 1. The van der Waals surface area contributed by atoms with Crippen molar-refractivity contribution >= 4 is 27.5 Å². The van der Waals surface area contributed by atoms with E-state index in [2.05, 4.69) is 38.3 Å². The van der Waals surface area contributed by atoms with Crippen LogP contribution in [0.3, 0.4) is 0 Å². The molecule has 1 aromatic carbocycles. The molecule has 1 aromatic rings. The van der Waals surface area contributed by atoms with Gasteiger partial charge in [-0.05, 0) is 37.6 Å². The summed E-state index contributed by atoms with van der Waals surface area (Å²) in [6.45, 7) is 3.20. The summed E-state index contributed by atoms with van der Waals surface area (Å²) in [5.74, 6) is -0.294.